The number of nitrogens with one attached hydrogen (secondary N) is 3. The van der Waals surface area contributed by atoms with Crippen molar-refractivity contribution in [3.63, 3.8) is 0 Å². The van der Waals surface area contributed by atoms with Crippen molar-refractivity contribution < 1.29 is 23.9 Å². The Kier molecular flexibility index (Phi) is 9.67. The van der Waals surface area contributed by atoms with Crippen molar-refractivity contribution >= 4 is 58.5 Å². The second-order valence-corrected chi connectivity index (χ2v) is 8.02. The Morgan fingerprint density at radius 3 is 2.39 bits per heavy atom. The lowest BCUT2D eigenvalue weighted by molar-refractivity contribution is -0.136. The molecule has 0 saturated carbocycles. The van der Waals surface area contributed by atoms with Crippen molar-refractivity contribution in [2.45, 2.75) is 6.92 Å². The van der Waals surface area contributed by atoms with E-state index in [9.17, 15) is 14.4 Å². The summed E-state index contributed by atoms with van der Waals surface area (Å²) in [6, 6.07) is 18.1. The number of hydrazone groups is 1. The fourth-order valence-corrected chi connectivity index (χ4v) is 3.43. The molecule has 0 radical (unpaired) electrons. The number of amides is 3. The number of carbonyl (C=O) groups is 3. The number of benzene rings is 3. The van der Waals surface area contributed by atoms with E-state index in [1.807, 2.05) is 6.92 Å². The van der Waals surface area contributed by atoms with Crippen molar-refractivity contribution in [2.24, 2.45) is 5.10 Å². The van der Waals surface area contributed by atoms with Crippen LogP contribution < -0.4 is 25.5 Å². The van der Waals surface area contributed by atoms with Gasteiger partial charge in [-0.15, -0.1) is 0 Å². The molecular formula is C25H22Cl2N4O5. The highest BCUT2D eigenvalue weighted by Gasteiger charge is 2.15. The summed E-state index contributed by atoms with van der Waals surface area (Å²) in [5.41, 5.74) is 3.54. The molecule has 0 spiro atoms. The van der Waals surface area contributed by atoms with E-state index in [1.54, 1.807) is 66.7 Å². The first-order chi connectivity index (χ1) is 17.3. The van der Waals surface area contributed by atoms with Gasteiger partial charge in [-0.05, 0) is 55.0 Å². The van der Waals surface area contributed by atoms with E-state index >= 15 is 0 Å². The average Bonchev–Trinajstić information content (AvgIpc) is 2.83. The molecule has 0 aliphatic rings. The molecule has 3 N–H and O–H groups in total. The topological polar surface area (TPSA) is 118 Å². The van der Waals surface area contributed by atoms with Gasteiger partial charge in [0, 0.05) is 15.7 Å². The number of rotatable bonds is 9. The molecule has 11 heteroatoms. The standard InChI is InChI=1S/C25H22Cl2N4O5/c1-2-35-22-9-4-3-8-21(22)30-24(33)25(34)31-28-14-16-6-5-7-20(10-16)36-15-23(32)29-19-12-17(26)11-18(27)13-19/h3-14H,2,15H2,1H3,(H,29,32)(H,30,33)(H,31,34)/b28-14-. The number of ether oxygens (including phenoxy) is 2. The van der Waals surface area contributed by atoms with Crippen molar-refractivity contribution in [3.05, 3.63) is 82.3 Å². The van der Waals surface area contributed by atoms with E-state index in [1.165, 1.54) is 6.21 Å². The van der Waals surface area contributed by atoms with Crippen molar-refractivity contribution in [1.82, 2.24) is 5.43 Å². The van der Waals surface area contributed by atoms with Gasteiger partial charge in [0.2, 0.25) is 0 Å². The van der Waals surface area contributed by atoms with Crippen molar-refractivity contribution in [2.75, 3.05) is 23.8 Å². The first-order valence-corrected chi connectivity index (χ1v) is 11.4. The highest BCUT2D eigenvalue weighted by Crippen LogP contribution is 2.24. The first-order valence-electron chi connectivity index (χ1n) is 10.7. The van der Waals surface area contributed by atoms with Crippen LogP contribution in [0.5, 0.6) is 11.5 Å². The smallest absolute Gasteiger partial charge is 0.329 e. The molecule has 0 aliphatic heterocycles. The maximum absolute atomic E-state index is 12.2. The van der Waals surface area contributed by atoms with Crippen LogP contribution in [-0.2, 0) is 14.4 Å². The van der Waals surface area contributed by atoms with Crippen LogP contribution in [0, 0.1) is 0 Å². The lowest BCUT2D eigenvalue weighted by Crippen LogP contribution is -2.32. The van der Waals surface area contributed by atoms with Crippen LogP contribution >= 0.6 is 23.2 Å². The van der Waals surface area contributed by atoms with Gasteiger partial charge < -0.3 is 20.1 Å². The van der Waals surface area contributed by atoms with Crippen LogP contribution in [0.25, 0.3) is 0 Å². The summed E-state index contributed by atoms with van der Waals surface area (Å²) >= 11 is 11.8. The Balaban J connectivity index is 1.50. The van der Waals surface area contributed by atoms with E-state index in [0.29, 0.717) is 45.1 Å². The summed E-state index contributed by atoms with van der Waals surface area (Å²) < 4.78 is 10.9. The quantitative estimate of drug-likeness (QED) is 0.214. The molecular weight excluding hydrogens is 507 g/mol. The average molecular weight is 529 g/mol. The SMILES string of the molecule is CCOc1ccccc1NC(=O)C(=O)N/N=C\c1cccc(OCC(=O)Nc2cc(Cl)cc(Cl)c2)c1. The van der Waals surface area contributed by atoms with Crippen molar-refractivity contribution in [3.8, 4) is 11.5 Å². The Hall–Kier alpha value is -4.08. The maximum Gasteiger partial charge on any atom is 0.329 e. The highest BCUT2D eigenvalue weighted by molar-refractivity contribution is 6.39. The van der Waals surface area contributed by atoms with Gasteiger partial charge in [-0.25, -0.2) is 5.43 Å². The molecule has 0 atom stereocenters. The zero-order chi connectivity index (χ0) is 25.9. The van der Waals surface area contributed by atoms with Gasteiger partial charge in [0.15, 0.2) is 6.61 Å². The number of para-hydroxylation sites is 2. The Labute approximate surface area is 217 Å². The summed E-state index contributed by atoms with van der Waals surface area (Å²) in [6.07, 6.45) is 1.33. The first kappa shape index (κ1) is 26.5. The fourth-order valence-electron chi connectivity index (χ4n) is 2.90. The zero-order valence-electron chi connectivity index (χ0n) is 19.1. The molecule has 3 rings (SSSR count). The molecule has 9 nitrogen and oxygen atoms in total. The number of hydrogen-bond donors (Lipinski definition) is 3. The molecule has 0 saturated heterocycles. The number of halogens is 2. The molecule has 3 aromatic rings. The lowest BCUT2D eigenvalue weighted by atomic mass is 10.2. The summed E-state index contributed by atoms with van der Waals surface area (Å²) in [6.45, 7) is 1.96. The summed E-state index contributed by atoms with van der Waals surface area (Å²) in [7, 11) is 0. The monoisotopic (exact) mass is 528 g/mol. The van der Waals surface area contributed by atoms with Gasteiger partial charge in [-0.2, -0.15) is 5.10 Å². The van der Waals surface area contributed by atoms with Gasteiger partial charge in [0.25, 0.3) is 5.91 Å². The molecule has 0 aliphatic carbocycles. The highest BCUT2D eigenvalue weighted by atomic mass is 35.5. The van der Waals surface area contributed by atoms with Gasteiger partial charge >= 0.3 is 11.8 Å². The number of carbonyl (C=O) groups excluding carboxylic acids is 3. The Morgan fingerprint density at radius 2 is 1.64 bits per heavy atom. The van der Waals surface area contributed by atoms with Gasteiger partial charge in [-0.1, -0.05) is 47.5 Å². The minimum absolute atomic E-state index is 0.259. The van der Waals surface area contributed by atoms with E-state index in [2.05, 4.69) is 21.2 Å². The number of hydrogen-bond acceptors (Lipinski definition) is 6. The van der Waals surface area contributed by atoms with Crippen molar-refractivity contribution in [1.29, 1.82) is 0 Å². The van der Waals surface area contributed by atoms with Crippen LogP contribution in [0.1, 0.15) is 12.5 Å². The molecule has 0 heterocycles. The van der Waals surface area contributed by atoms with Crippen LogP contribution in [0.2, 0.25) is 10.0 Å². The van der Waals surface area contributed by atoms with Crippen LogP contribution in [-0.4, -0.2) is 37.1 Å². The zero-order valence-corrected chi connectivity index (χ0v) is 20.6. The molecule has 3 amide bonds. The fraction of sp³-hybridized carbons (Fsp3) is 0.120. The Morgan fingerprint density at radius 1 is 0.889 bits per heavy atom. The normalized spacial score (nSPS) is 10.5. The number of anilines is 2. The van der Waals surface area contributed by atoms with E-state index in [0.717, 1.165) is 0 Å². The second kappa shape index (κ2) is 13.1. The summed E-state index contributed by atoms with van der Waals surface area (Å²) in [5.74, 6) is -1.41. The summed E-state index contributed by atoms with van der Waals surface area (Å²) in [4.78, 5) is 36.4. The second-order valence-electron chi connectivity index (χ2n) is 7.15. The molecule has 186 valence electrons. The minimum atomic E-state index is -0.956. The molecule has 36 heavy (non-hydrogen) atoms. The third-order valence-corrected chi connectivity index (χ3v) is 4.83. The molecule has 0 bridgehead atoms. The van der Waals surface area contributed by atoms with E-state index < -0.39 is 17.7 Å². The van der Waals surface area contributed by atoms with Crippen LogP contribution in [0.4, 0.5) is 11.4 Å². The predicted octanol–water partition coefficient (Wildman–Crippen LogP) is 4.50. The minimum Gasteiger partial charge on any atom is -0.492 e. The molecule has 0 unspecified atom stereocenters. The van der Waals surface area contributed by atoms with Gasteiger partial charge in [0.1, 0.15) is 11.5 Å². The predicted molar refractivity (Wildman–Crippen MR) is 139 cm³/mol. The lowest BCUT2D eigenvalue weighted by Gasteiger charge is -2.10. The third-order valence-electron chi connectivity index (χ3n) is 4.40. The van der Waals surface area contributed by atoms with Crippen LogP contribution in [0.3, 0.4) is 0 Å². The maximum atomic E-state index is 12.2. The number of nitrogens with zero attached hydrogens (tertiary/aromatic N) is 1. The van der Waals surface area contributed by atoms with Gasteiger partial charge in [-0.3, -0.25) is 14.4 Å². The third kappa shape index (κ3) is 8.30. The van der Waals surface area contributed by atoms with Crippen LogP contribution in [0.15, 0.2) is 71.8 Å². The summed E-state index contributed by atoms with van der Waals surface area (Å²) in [5, 5.41) is 9.71. The van der Waals surface area contributed by atoms with E-state index in [4.69, 9.17) is 32.7 Å². The van der Waals surface area contributed by atoms with E-state index in [-0.39, 0.29) is 6.61 Å². The Bertz CT molecular complexity index is 1260. The molecule has 0 aromatic heterocycles. The molecule has 3 aromatic carbocycles. The molecule has 0 fully saturated rings. The largest absolute Gasteiger partial charge is 0.492 e. The van der Waals surface area contributed by atoms with Gasteiger partial charge in [0.05, 0.1) is 18.5 Å².